The van der Waals surface area contributed by atoms with E-state index in [4.69, 9.17) is 0 Å². The van der Waals surface area contributed by atoms with Crippen LogP contribution >= 0.6 is 0 Å². The van der Waals surface area contributed by atoms with Crippen LogP contribution in [0.25, 0.3) is 0 Å². The maximum Gasteiger partial charge on any atom is 0.136 e. The number of rotatable bonds is 5. The first-order valence-corrected chi connectivity index (χ1v) is 6.06. The van der Waals surface area contributed by atoms with Crippen LogP contribution < -0.4 is 10.6 Å². The van der Waals surface area contributed by atoms with Gasteiger partial charge in [0.1, 0.15) is 17.5 Å². The van der Waals surface area contributed by atoms with Gasteiger partial charge in [-0.2, -0.15) is 0 Å². The molecule has 1 aliphatic rings. The SMILES string of the molecule is CCC(C)Nc1cc(NC)nc(C2CC2)n1. The van der Waals surface area contributed by atoms with Gasteiger partial charge in [0.25, 0.3) is 0 Å². The normalized spacial score (nSPS) is 16.9. The second-order valence-electron chi connectivity index (χ2n) is 4.47. The Bertz CT molecular complexity index is 360. The van der Waals surface area contributed by atoms with Crippen LogP contribution in [0.15, 0.2) is 6.07 Å². The minimum absolute atomic E-state index is 0.451. The van der Waals surface area contributed by atoms with Crippen molar-refractivity contribution >= 4 is 11.6 Å². The van der Waals surface area contributed by atoms with Gasteiger partial charge in [0, 0.05) is 25.1 Å². The predicted molar refractivity (Wildman–Crippen MR) is 66.9 cm³/mol. The molecule has 1 unspecified atom stereocenters. The smallest absolute Gasteiger partial charge is 0.136 e. The Hall–Kier alpha value is -1.32. The van der Waals surface area contributed by atoms with Crippen LogP contribution in [0.1, 0.15) is 44.9 Å². The van der Waals surface area contributed by atoms with E-state index >= 15 is 0 Å². The Kier molecular flexibility index (Phi) is 3.27. The number of hydrogen-bond acceptors (Lipinski definition) is 4. The lowest BCUT2D eigenvalue weighted by Crippen LogP contribution is -2.15. The van der Waals surface area contributed by atoms with Crippen LogP contribution in [0.3, 0.4) is 0 Å². The number of hydrogen-bond donors (Lipinski definition) is 2. The average Bonchev–Trinajstić information content (AvgIpc) is 3.12. The van der Waals surface area contributed by atoms with Gasteiger partial charge in [-0.15, -0.1) is 0 Å². The molecule has 1 heterocycles. The molecule has 2 N–H and O–H groups in total. The lowest BCUT2D eigenvalue weighted by Gasteiger charge is -2.13. The summed E-state index contributed by atoms with van der Waals surface area (Å²) >= 11 is 0. The van der Waals surface area contributed by atoms with E-state index in [0.29, 0.717) is 12.0 Å². The van der Waals surface area contributed by atoms with Crippen LogP contribution in [0.5, 0.6) is 0 Å². The van der Waals surface area contributed by atoms with Gasteiger partial charge in [0.2, 0.25) is 0 Å². The van der Waals surface area contributed by atoms with Gasteiger partial charge < -0.3 is 10.6 Å². The molecule has 0 saturated heterocycles. The minimum atomic E-state index is 0.451. The van der Waals surface area contributed by atoms with Gasteiger partial charge in [0.05, 0.1) is 0 Å². The molecule has 4 nitrogen and oxygen atoms in total. The molecule has 1 aromatic rings. The monoisotopic (exact) mass is 220 g/mol. The maximum absolute atomic E-state index is 4.57. The Labute approximate surface area is 96.9 Å². The molecule has 4 heteroatoms. The highest BCUT2D eigenvalue weighted by atomic mass is 15.1. The highest BCUT2D eigenvalue weighted by Crippen LogP contribution is 2.38. The van der Waals surface area contributed by atoms with Crippen molar-refractivity contribution in [2.45, 2.75) is 45.1 Å². The Morgan fingerprint density at radius 2 is 2.06 bits per heavy atom. The Balaban J connectivity index is 2.18. The summed E-state index contributed by atoms with van der Waals surface area (Å²) in [7, 11) is 1.89. The van der Waals surface area contributed by atoms with Crippen molar-refractivity contribution in [3.8, 4) is 0 Å². The summed E-state index contributed by atoms with van der Waals surface area (Å²) < 4.78 is 0. The summed E-state index contributed by atoms with van der Waals surface area (Å²) in [5.41, 5.74) is 0. The van der Waals surface area contributed by atoms with Crippen LogP contribution in [-0.2, 0) is 0 Å². The fourth-order valence-corrected chi connectivity index (χ4v) is 1.55. The van der Waals surface area contributed by atoms with Crippen molar-refractivity contribution < 1.29 is 0 Å². The standard InChI is InChI=1S/C12H20N4/c1-4-8(2)14-11-7-10(13-3)15-12(16-11)9-5-6-9/h7-9H,4-6H2,1-3H3,(H2,13,14,15,16). The first-order valence-electron chi connectivity index (χ1n) is 6.06. The zero-order valence-corrected chi connectivity index (χ0v) is 10.2. The third-order valence-corrected chi connectivity index (χ3v) is 2.95. The zero-order chi connectivity index (χ0) is 11.5. The van der Waals surface area contributed by atoms with Gasteiger partial charge in [-0.3, -0.25) is 0 Å². The molecular weight excluding hydrogens is 200 g/mol. The maximum atomic E-state index is 4.57. The summed E-state index contributed by atoms with van der Waals surface area (Å²) in [6, 6.07) is 2.42. The van der Waals surface area contributed by atoms with Gasteiger partial charge in [-0.25, -0.2) is 9.97 Å². The molecular formula is C12H20N4. The molecule has 88 valence electrons. The van der Waals surface area contributed by atoms with Crippen molar-refractivity contribution in [3.05, 3.63) is 11.9 Å². The second-order valence-corrected chi connectivity index (χ2v) is 4.47. The number of nitrogens with zero attached hydrogens (tertiary/aromatic N) is 2. The van der Waals surface area contributed by atoms with Crippen molar-refractivity contribution in [2.75, 3.05) is 17.7 Å². The molecule has 1 aliphatic carbocycles. The van der Waals surface area contributed by atoms with Crippen LogP contribution in [0.2, 0.25) is 0 Å². The number of nitrogens with one attached hydrogen (secondary N) is 2. The third-order valence-electron chi connectivity index (χ3n) is 2.95. The largest absolute Gasteiger partial charge is 0.373 e. The number of anilines is 2. The van der Waals surface area contributed by atoms with Gasteiger partial charge in [0.15, 0.2) is 0 Å². The van der Waals surface area contributed by atoms with Crippen LogP contribution in [0.4, 0.5) is 11.6 Å². The summed E-state index contributed by atoms with van der Waals surface area (Å²) in [4.78, 5) is 9.05. The Morgan fingerprint density at radius 1 is 1.38 bits per heavy atom. The first kappa shape index (κ1) is 11.2. The summed E-state index contributed by atoms with van der Waals surface area (Å²) in [6.45, 7) is 4.33. The lowest BCUT2D eigenvalue weighted by molar-refractivity contribution is 0.755. The summed E-state index contributed by atoms with van der Waals surface area (Å²) in [5.74, 6) is 3.42. The van der Waals surface area contributed by atoms with E-state index in [1.165, 1.54) is 12.8 Å². The topological polar surface area (TPSA) is 49.8 Å². The minimum Gasteiger partial charge on any atom is -0.373 e. The van der Waals surface area contributed by atoms with E-state index < -0.39 is 0 Å². The van der Waals surface area contributed by atoms with E-state index in [0.717, 1.165) is 23.9 Å². The second kappa shape index (κ2) is 4.68. The zero-order valence-electron chi connectivity index (χ0n) is 10.2. The quantitative estimate of drug-likeness (QED) is 0.801. The van der Waals surface area contributed by atoms with E-state index in [2.05, 4.69) is 34.4 Å². The molecule has 2 rings (SSSR count). The van der Waals surface area contributed by atoms with E-state index in [9.17, 15) is 0 Å². The summed E-state index contributed by atoms with van der Waals surface area (Å²) in [6.07, 6.45) is 3.56. The van der Waals surface area contributed by atoms with E-state index in [-0.39, 0.29) is 0 Å². The average molecular weight is 220 g/mol. The van der Waals surface area contributed by atoms with E-state index in [1.807, 2.05) is 13.1 Å². The fourth-order valence-electron chi connectivity index (χ4n) is 1.55. The highest BCUT2D eigenvalue weighted by molar-refractivity contribution is 5.48. The molecule has 0 spiro atoms. The van der Waals surface area contributed by atoms with Gasteiger partial charge in [-0.1, -0.05) is 6.92 Å². The molecule has 0 aliphatic heterocycles. The molecule has 16 heavy (non-hydrogen) atoms. The van der Waals surface area contributed by atoms with Crippen molar-refractivity contribution in [1.29, 1.82) is 0 Å². The third kappa shape index (κ3) is 2.62. The summed E-state index contributed by atoms with van der Waals surface area (Å²) in [5, 5.41) is 6.49. The lowest BCUT2D eigenvalue weighted by atomic mass is 10.2. The molecule has 1 atom stereocenters. The van der Waals surface area contributed by atoms with Crippen molar-refractivity contribution in [2.24, 2.45) is 0 Å². The van der Waals surface area contributed by atoms with Crippen molar-refractivity contribution in [1.82, 2.24) is 9.97 Å². The highest BCUT2D eigenvalue weighted by Gasteiger charge is 2.27. The molecule has 1 saturated carbocycles. The fraction of sp³-hybridized carbons (Fsp3) is 0.667. The molecule has 0 bridgehead atoms. The van der Waals surface area contributed by atoms with Gasteiger partial charge in [-0.05, 0) is 26.2 Å². The first-order chi connectivity index (χ1) is 7.72. The number of aromatic nitrogens is 2. The van der Waals surface area contributed by atoms with Gasteiger partial charge >= 0.3 is 0 Å². The predicted octanol–water partition coefficient (Wildman–Crippen LogP) is 2.61. The van der Waals surface area contributed by atoms with E-state index in [1.54, 1.807) is 0 Å². The molecule has 1 fully saturated rings. The molecule has 1 aromatic heterocycles. The molecule has 0 amide bonds. The molecule has 0 radical (unpaired) electrons. The van der Waals surface area contributed by atoms with Crippen LogP contribution in [0, 0.1) is 0 Å². The van der Waals surface area contributed by atoms with Crippen LogP contribution in [-0.4, -0.2) is 23.1 Å². The van der Waals surface area contributed by atoms with Crippen molar-refractivity contribution in [3.63, 3.8) is 0 Å². The Morgan fingerprint density at radius 3 is 2.62 bits per heavy atom. The molecule has 0 aromatic carbocycles.